The zero-order chi connectivity index (χ0) is 20.0. The van der Waals surface area contributed by atoms with Crippen LogP contribution < -0.4 is 9.47 Å². The summed E-state index contributed by atoms with van der Waals surface area (Å²) in [5.74, 6) is -0.00613. The highest BCUT2D eigenvalue weighted by molar-refractivity contribution is 7.15. The molecule has 1 aliphatic heterocycles. The van der Waals surface area contributed by atoms with Gasteiger partial charge in [-0.1, -0.05) is 0 Å². The third kappa shape index (κ3) is 3.11. The van der Waals surface area contributed by atoms with E-state index in [1.54, 1.807) is 12.1 Å². The van der Waals surface area contributed by atoms with Crippen molar-refractivity contribution in [1.82, 2.24) is 9.38 Å². The molecule has 0 saturated carbocycles. The number of carbonyl (C=O) groups is 1. The van der Waals surface area contributed by atoms with Crippen LogP contribution in [0.4, 0.5) is 4.39 Å². The van der Waals surface area contributed by atoms with Crippen molar-refractivity contribution in [3.05, 3.63) is 59.4 Å². The van der Waals surface area contributed by atoms with Crippen molar-refractivity contribution in [3.63, 3.8) is 0 Å². The van der Waals surface area contributed by atoms with Crippen LogP contribution in [0.25, 0.3) is 27.5 Å². The zero-order valence-corrected chi connectivity index (χ0v) is 15.9. The molecular formula is C21H15FN2O4S. The summed E-state index contributed by atoms with van der Waals surface area (Å²) in [6.45, 7) is 0.962. The molecule has 5 rings (SSSR count). The Morgan fingerprint density at radius 1 is 1.10 bits per heavy atom. The highest BCUT2D eigenvalue weighted by atomic mass is 32.1. The number of halogens is 1. The molecule has 0 aliphatic carbocycles. The van der Waals surface area contributed by atoms with Crippen LogP contribution in [0.5, 0.6) is 11.5 Å². The number of carboxylic acid groups (broad SMARTS) is 1. The minimum atomic E-state index is -0.957. The maximum absolute atomic E-state index is 13.3. The quantitative estimate of drug-likeness (QED) is 0.544. The molecule has 4 aromatic rings. The average Bonchev–Trinajstić information content (AvgIpc) is 3.28. The number of fused-ring (bicyclic) bond motifs is 2. The van der Waals surface area contributed by atoms with E-state index in [0.29, 0.717) is 41.1 Å². The van der Waals surface area contributed by atoms with Gasteiger partial charge in [0.1, 0.15) is 19.0 Å². The van der Waals surface area contributed by atoms with Gasteiger partial charge in [-0.05, 0) is 48.0 Å². The largest absolute Gasteiger partial charge is 0.486 e. The van der Waals surface area contributed by atoms with Crippen molar-refractivity contribution in [3.8, 4) is 34.0 Å². The molecule has 2 aromatic carbocycles. The number of aromatic nitrogens is 2. The van der Waals surface area contributed by atoms with Crippen LogP contribution in [-0.4, -0.2) is 33.7 Å². The predicted molar refractivity (Wildman–Crippen MR) is 106 cm³/mol. The van der Waals surface area contributed by atoms with Crippen LogP contribution in [0.2, 0.25) is 0 Å². The topological polar surface area (TPSA) is 73.1 Å². The van der Waals surface area contributed by atoms with Crippen LogP contribution in [0, 0.1) is 5.82 Å². The Hall–Kier alpha value is -3.39. The maximum Gasteiger partial charge on any atom is 0.309 e. The number of carboxylic acids is 1. The molecule has 3 heterocycles. The summed E-state index contributed by atoms with van der Waals surface area (Å²) in [4.78, 5) is 17.0. The summed E-state index contributed by atoms with van der Waals surface area (Å²) in [7, 11) is 0. The molecule has 2 aromatic heterocycles. The first-order valence-corrected chi connectivity index (χ1v) is 9.85. The van der Waals surface area contributed by atoms with Gasteiger partial charge in [0.15, 0.2) is 16.5 Å². The highest BCUT2D eigenvalue weighted by Crippen LogP contribution is 2.38. The standard InChI is InChI=1S/C21H15FN2O4S/c22-14-4-1-12(2-5-14)16-11-29-21-23-20(15(24(16)21)10-19(25)26)13-3-6-17-18(9-13)28-8-7-27-17/h1-6,9,11H,7-8,10H2,(H,25,26). The second kappa shape index (κ2) is 6.89. The molecule has 0 atom stereocenters. The number of thiazole rings is 1. The summed E-state index contributed by atoms with van der Waals surface area (Å²) < 4.78 is 26.4. The lowest BCUT2D eigenvalue weighted by molar-refractivity contribution is -0.136. The molecule has 8 heteroatoms. The lowest BCUT2D eigenvalue weighted by atomic mass is 10.1. The SMILES string of the molecule is O=C(O)Cc1c(-c2ccc3c(c2)OCCO3)nc2scc(-c3ccc(F)cc3)n12. The number of hydrogen-bond donors (Lipinski definition) is 1. The number of ether oxygens (including phenoxy) is 2. The molecule has 0 fully saturated rings. The highest BCUT2D eigenvalue weighted by Gasteiger charge is 2.22. The van der Waals surface area contributed by atoms with E-state index in [1.807, 2.05) is 28.0 Å². The van der Waals surface area contributed by atoms with E-state index in [2.05, 4.69) is 0 Å². The van der Waals surface area contributed by atoms with Gasteiger partial charge in [0.05, 0.1) is 23.5 Å². The molecule has 0 radical (unpaired) electrons. The van der Waals surface area contributed by atoms with E-state index < -0.39 is 5.97 Å². The lowest BCUT2D eigenvalue weighted by Gasteiger charge is -2.18. The summed E-state index contributed by atoms with van der Waals surface area (Å²) in [5, 5.41) is 11.4. The smallest absolute Gasteiger partial charge is 0.309 e. The fourth-order valence-corrected chi connectivity index (χ4v) is 4.38. The molecule has 0 unspecified atom stereocenters. The van der Waals surface area contributed by atoms with Crippen molar-refractivity contribution >= 4 is 22.3 Å². The van der Waals surface area contributed by atoms with Crippen LogP contribution >= 0.6 is 11.3 Å². The van der Waals surface area contributed by atoms with Crippen LogP contribution in [0.1, 0.15) is 5.69 Å². The second-order valence-corrected chi connectivity index (χ2v) is 7.42. The molecule has 1 N–H and O–H groups in total. The van der Waals surface area contributed by atoms with Crippen LogP contribution in [-0.2, 0) is 11.2 Å². The monoisotopic (exact) mass is 410 g/mol. The lowest BCUT2D eigenvalue weighted by Crippen LogP contribution is -2.15. The van der Waals surface area contributed by atoms with Gasteiger partial charge in [0, 0.05) is 10.9 Å². The predicted octanol–water partition coefficient (Wildman–Crippen LogP) is 4.27. The van der Waals surface area contributed by atoms with Gasteiger partial charge in [-0.25, -0.2) is 9.37 Å². The Morgan fingerprint density at radius 3 is 2.59 bits per heavy atom. The fraction of sp³-hybridized carbons (Fsp3) is 0.143. The van der Waals surface area contributed by atoms with Gasteiger partial charge in [0.2, 0.25) is 0 Å². The first-order valence-electron chi connectivity index (χ1n) is 8.97. The summed E-state index contributed by atoms with van der Waals surface area (Å²) in [5.41, 5.74) is 3.46. The van der Waals surface area contributed by atoms with Gasteiger partial charge in [0.25, 0.3) is 0 Å². The van der Waals surface area contributed by atoms with Gasteiger partial charge in [-0.2, -0.15) is 0 Å². The molecule has 0 spiro atoms. The third-order valence-electron chi connectivity index (χ3n) is 4.73. The van der Waals surface area contributed by atoms with E-state index in [1.165, 1.54) is 23.5 Å². The van der Waals surface area contributed by atoms with Gasteiger partial charge >= 0.3 is 5.97 Å². The molecule has 29 heavy (non-hydrogen) atoms. The second-order valence-electron chi connectivity index (χ2n) is 6.58. The molecule has 0 amide bonds. The first-order chi connectivity index (χ1) is 14.1. The maximum atomic E-state index is 13.3. The van der Waals surface area contributed by atoms with Crippen molar-refractivity contribution in [1.29, 1.82) is 0 Å². The Morgan fingerprint density at radius 2 is 1.83 bits per heavy atom. The number of benzene rings is 2. The number of imidazole rings is 1. The van der Waals surface area contributed by atoms with E-state index in [0.717, 1.165) is 16.8 Å². The molecule has 0 bridgehead atoms. The van der Waals surface area contributed by atoms with E-state index in [9.17, 15) is 14.3 Å². The van der Waals surface area contributed by atoms with E-state index >= 15 is 0 Å². The van der Waals surface area contributed by atoms with Gasteiger partial charge in [-0.3, -0.25) is 9.20 Å². The zero-order valence-electron chi connectivity index (χ0n) is 15.1. The molecule has 1 aliphatic rings. The molecule has 146 valence electrons. The van der Waals surface area contributed by atoms with Crippen LogP contribution in [0.3, 0.4) is 0 Å². The number of aliphatic carboxylic acids is 1. The average molecular weight is 410 g/mol. The minimum Gasteiger partial charge on any atom is -0.486 e. The van der Waals surface area contributed by atoms with Crippen LogP contribution in [0.15, 0.2) is 47.8 Å². The Kier molecular flexibility index (Phi) is 4.21. The van der Waals surface area contributed by atoms with Gasteiger partial charge < -0.3 is 14.6 Å². The van der Waals surface area contributed by atoms with Crippen molar-refractivity contribution < 1.29 is 23.8 Å². The molecular weight excluding hydrogens is 395 g/mol. The van der Waals surface area contributed by atoms with E-state index in [4.69, 9.17) is 14.5 Å². The normalized spacial score (nSPS) is 13.0. The van der Waals surface area contributed by atoms with Crippen molar-refractivity contribution in [2.24, 2.45) is 0 Å². The first kappa shape index (κ1) is 17.7. The molecule has 0 saturated heterocycles. The molecule has 6 nitrogen and oxygen atoms in total. The van der Waals surface area contributed by atoms with Crippen molar-refractivity contribution in [2.75, 3.05) is 13.2 Å². The fourth-order valence-electron chi connectivity index (χ4n) is 3.47. The number of hydrogen-bond acceptors (Lipinski definition) is 5. The Balaban J connectivity index is 1.70. The number of rotatable bonds is 4. The van der Waals surface area contributed by atoms with E-state index in [-0.39, 0.29) is 12.2 Å². The minimum absolute atomic E-state index is 0.199. The van der Waals surface area contributed by atoms with Crippen molar-refractivity contribution in [2.45, 2.75) is 6.42 Å². The summed E-state index contributed by atoms with van der Waals surface area (Å²) >= 11 is 1.41. The van der Waals surface area contributed by atoms with Gasteiger partial charge in [-0.15, -0.1) is 11.3 Å². The summed E-state index contributed by atoms with van der Waals surface area (Å²) in [6, 6.07) is 11.6. The third-order valence-corrected chi connectivity index (χ3v) is 5.56. The Labute approximate surface area is 168 Å². The number of nitrogens with zero attached hydrogens (tertiary/aromatic N) is 2. The summed E-state index contributed by atoms with van der Waals surface area (Å²) in [6.07, 6.45) is -0.199. The Bertz CT molecular complexity index is 1230.